The van der Waals surface area contributed by atoms with Crippen LogP contribution in [0.3, 0.4) is 0 Å². The summed E-state index contributed by atoms with van der Waals surface area (Å²) in [6.45, 7) is 4.43. The van der Waals surface area contributed by atoms with Crippen LogP contribution in [0.15, 0.2) is 0 Å². The number of carboxylic acid groups (broad SMARTS) is 1. The van der Waals surface area contributed by atoms with Crippen LogP contribution in [0.2, 0.25) is 0 Å². The first kappa shape index (κ1) is 19.3. The fourth-order valence-electron chi connectivity index (χ4n) is 1.95. The third-order valence-corrected chi connectivity index (χ3v) is 3.82. The molecular weight excluding hydrogens is 274 g/mol. The maximum atomic E-state index is 11.7. The van der Waals surface area contributed by atoms with Gasteiger partial charge in [-0.2, -0.15) is 11.8 Å². The van der Waals surface area contributed by atoms with Gasteiger partial charge in [0, 0.05) is 6.42 Å². The molecule has 0 aliphatic carbocycles. The van der Waals surface area contributed by atoms with Crippen molar-refractivity contribution in [2.24, 2.45) is 5.92 Å². The van der Waals surface area contributed by atoms with Crippen molar-refractivity contribution in [1.29, 1.82) is 0 Å². The molecule has 0 fully saturated rings. The summed E-state index contributed by atoms with van der Waals surface area (Å²) >= 11 is 1.59. The van der Waals surface area contributed by atoms with Gasteiger partial charge in [-0.3, -0.25) is 4.79 Å². The van der Waals surface area contributed by atoms with E-state index in [1.165, 1.54) is 12.8 Å². The third-order valence-electron chi connectivity index (χ3n) is 3.18. The molecule has 118 valence electrons. The third kappa shape index (κ3) is 11.1. The first-order valence-corrected chi connectivity index (χ1v) is 8.87. The summed E-state index contributed by atoms with van der Waals surface area (Å²) < 4.78 is 0. The highest BCUT2D eigenvalue weighted by Gasteiger charge is 2.18. The normalized spacial score (nSPS) is 12.4. The lowest BCUT2D eigenvalue weighted by atomic mass is 10.0. The molecule has 2 N–H and O–H groups in total. The molecule has 1 amide bonds. The number of carbonyl (C=O) groups excluding carboxylic acids is 1. The number of aliphatic carboxylic acids is 1. The van der Waals surface area contributed by atoms with E-state index >= 15 is 0 Å². The summed E-state index contributed by atoms with van der Waals surface area (Å²) in [4.78, 5) is 22.7. The Hall–Kier alpha value is -0.710. The fourth-order valence-corrected chi connectivity index (χ4v) is 2.42. The van der Waals surface area contributed by atoms with Crippen molar-refractivity contribution < 1.29 is 14.7 Å². The van der Waals surface area contributed by atoms with Gasteiger partial charge in [0.25, 0.3) is 0 Å². The Bertz CT molecular complexity index is 282. The fraction of sp³-hybridized carbons (Fsp3) is 0.867. The summed E-state index contributed by atoms with van der Waals surface area (Å²) in [6.07, 6.45) is 8.34. The van der Waals surface area contributed by atoms with Crippen molar-refractivity contribution in [2.75, 3.05) is 12.0 Å². The summed E-state index contributed by atoms with van der Waals surface area (Å²) in [5, 5.41) is 11.6. The molecule has 0 aromatic carbocycles. The monoisotopic (exact) mass is 303 g/mol. The molecule has 0 radical (unpaired) electrons. The van der Waals surface area contributed by atoms with E-state index in [4.69, 9.17) is 5.11 Å². The maximum absolute atomic E-state index is 11.7. The van der Waals surface area contributed by atoms with E-state index in [-0.39, 0.29) is 5.91 Å². The summed E-state index contributed by atoms with van der Waals surface area (Å²) in [5.41, 5.74) is 0. The summed E-state index contributed by atoms with van der Waals surface area (Å²) in [5.74, 6) is 0.407. The van der Waals surface area contributed by atoms with E-state index in [0.29, 0.717) is 12.8 Å². The number of nitrogens with one attached hydrogen (secondary N) is 1. The van der Waals surface area contributed by atoms with Crippen LogP contribution >= 0.6 is 11.8 Å². The van der Waals surface area contributed by atoms with E-state index in [1.54, 1.807) is 11.8 Å². The molecule has 0 aromatic rings. The summed E-state index contributed by atoms with van der Waals surface area (Å²) in [6, 6.07) is -0.740. The maximum Gasteiger partial charge on any atom is 0.326 e. The zero-order chi connectivity index (χ0) is 15.4. The van der Waals surface area contributed by atoms with Gasteiger partial charge in [0.15, 0.2) is 0 Å². The molecule has 1 atom stereocenters. The summed E-state index contributed by atoms with van der Waals surface area (Å²) in [7, 11) is 0. The number of amides is 1. The Morgan fingerprint density at radius 2 is 1.75 bits per heavy atom. The second-order valence-corrected chi connectivity index (χ2v) is 6.57. The first-order chi connectivity index (χ1) is 9.47. The van der Waals surface area contributed by atoms with Crippen molar-refractivity contribution in [3.63, 3.8) is 0 Å². The zero-order valence-electron chi connectivity index (χ0n) is 13.0. The van der Waals surface area contributed by atoms with E-state index in [2.05, 4.69) is 19.2 Å². The smallest absolute Gasteiger partial charge is 0.326 e. The van der Waals surface area contributed by atoms with Crippen molar-refractivity contribution in [3.05, 3.63) is 0 Å². The van der Waals surface area contributed by atoms with E-state index in [1.807, 2.05) is 6.26 Å². The number of thioether (sulfide) groups is 1. The Morgan fingerprint density at radius 3 is 2.30 bits per heavy atom. The predicted octanol–water partition coefficient (Wildman–Crippen LogP) is 3.31. The minimum atomic E-state index is -0.940. The van der Waals surface area contributed by atoms with Crippen LogP contribution in [0.25, 0.3) is 0 Å². The Morgan fingerprint density at radius 1 is 1.10 bits per heavy atom. The standard InChI is InChI=1S/C15H29NO3S/c1-12(2)8-6-4-5-7-9-14(17)16-13(15(18)19)10-11-20-3/h12-13H,4-11H2,1-3H3,(H,16,17)(H,18,19)/t13-/m0/s1. The van der Waals surface area contributed by atoms with Crippen LogP contribution in [0.5, 0.6) is 0 Å². The Balaban J connectivity index is 3.71. The SMILES string of the molecule is CSCC[C@H](NC(=O)CCCCCCC(C)C)C(=O)O. The molecule has 0 saturated carbocycles. The molecule has 0 rings (SSSR count). The van der Waals surface area contributed by atoms with Crippen molar-refractivity contribution in [2.45, 2.75) is 64.8 Å². The largest absolute Gasteiger partial charge is 0.480 e. The van der Waals surface area contributed by atoms with Gasteiger partial charge in [-0.05, 0) is 30.8 Å². The van der Waals surface area contributed by atoms with Gasteiger partial charge >= 0.3 is 5.97 Å². The minimum Gasteiger partial charge on any atom is -0.480 e. The van der Waals surface area contributed by atoms with Gasteiger partial charge in [-0.1, -0.05) is 39.5 Å². The lowest BCUT2D eigenvalue weighted by molar-refractivity contribution is -0.141. The number of carboxylic acids is 1. The van der Waals surface area contributed by atoms with Crippen LogP contribution in [0, 0.1) is 5.92 Å². The molecule has 5 heteroatoms. The van der Waals surface area contributed by atoms with Crippen molar-refractivity contribution in [1.82, 2.24) is 5.32 Å². The quantitative estimate of drug-likeness (QED) is 0.543. The number of rotatable bonds is 12. The van der Waals surface area contributed by atoms with Gasteiger partial charge < -0.3 is 10.4 Å². The molecule has 0 saturated heterocycles. The molecule has 0 spiro atoms. The lowest BCUT2D eigenvalue weighted by Gasteiger charge is -2.13. The van der Waals surface area contributed by atoms with E-state index in [9.17, 15) is 9.59 Å². The van der Waals surface area contributed by atoms with Gasteiger partial charge in [0.1, 0.15) is 6.04 Å². The highest BCUT2D eigenvalue weighted by Crippen LogP contribution is 2.10. The Kier molecular flexibility index (Phi) is 11.6. The van der Waals surface area contributed by atoms with Gasteiger partial charge in [0.05, 0.1) is 0 Å². The zero-order valence-corrected chi connectivity index (χ0v) is 13.8. The molecule has 4 nitrogen and oxygen atoms in total. The van der Waals surface area contributed by atoms with Gasteiger partial charge in [-0.15, -0.1) is 0 Å². The first-order valence-electron chi connectivity index (χ1n) is 7.48. The highest BCUT2D eigenvalue weighted by molar-refractivity contribution is 7.98. The Labute approximate surface area is 127 Å². The predicted molar refractivity (Wildman–Crippen MR) is 85.1 cm³/mol. The molecule has 20 heavy (non-hydrogen) atoms. The number of carbonyl (C=O) groups is 2. The van der Waals surface area contributed by atoms with Crippen molar-refractivity contribution >= 4 is 23.6 Å². The van der Waals surface area contributed by atoms with Gasteiger partial charge in [0.2, 0.25) is 5.91 Å². The van der Waals surface area contributed by atoms with E-state index in [0.717, 1.165) is 30.9 Å². The van der Waals surface area contributed by atoms with Crippen LogP contribution in [0.4, 0.5) is 0 Å². The number of hydrogen-bond donors (Lipinski definition) is 2. The molecule has 0 aliphatic rings. The van der Waals surface area contributed by atoms with Crippen molar-refractivity contribution in [3.8, 4) is 0 Å². The molecule has 0 bridgehead atoms. The number of hydrogen-bond acceptors (Lipinski definition) is 3. The second-order valence-electron chi connectivity index (χ2n) is 5.59. The molecule has 0 unspecified atom stereocenters. The average Bonchev–Trinajstić information content (AvgIpc) is 2.37. The molecule has 0 heterocycles. The topological polar surface area (TPSA) is 66.4 Å². The van der Waals surface area contributed by atoms with E-state index < -0.39 is 12.0 Å². The van der Waals surface area contributed by atoms with Crippen LogP contribution in [-0.4, -0.2) is 35.0 Å². The van der Waals surface area contributed by atoms with Gasteiger partial charge in [-0.25, -0.2) is 4.79 Å². The molecule has 0 aliphatic heterocycles. The lowest BCUT2D eigenvalue weighted by Crippen LogP contribution is -2.41. The van der Waals surface area contributed by atoms with Crippen LogP contribution in [0.1, 0.15) is 58.8 Å². The molecular formula is C15H29NO3S. The average molecular weight is 303 g/mol. The minimum absolute atomic E-state index is 0.137. The van der Waals surface area contributed by atoms with Crippen LogP contribution in [-0.2, 0) is 9.59 Å². The van der Waals surface area contributed by atoms with Crippen LogP contribution < -0.4 is 5.32 Å². The number of unbranched alkanes of at least 4 members (excludes halogenated alkanes) is 3. The molecule has 0 aromatic heterocycles. The highest BCUT2D eigenvalue weighted by atomic mass is 32.2. The second kappa shape index (κ2) is 12.1.